The molecule has 1 aromatic rings. The van der Waals surface area contributed by atoms with Gasteiger partial charge in [-0.1, -0.05) is 11.6 Å². The SMILES string of the molecule is CCn1ncc(N)c1C(=O)N1CCC=C(C)C1. The quantitative estimate of drug-likeness (QED) is 0.784. The van der Waals surface area contributed by atoms with Gasteiger partial charge < -0.3 is 10.6 Å². The molecule has 1 aromatic heterocycles. The fraction of sp³-hybridized carbons (Fsp3) is 0.500. The van der Waals surface area contributed by atoms with Gasteiger partial charge in [0.25, 0.3) is 5.91 Å². The number of anilines is 1. The summed E-state index contributed by atoms with van der Waals surface area (Å²) in [5.74, 6) is -0.0192. The number of nitrogens with two attached hydrogens (primary N) is 1. The Morgan fingerprint density at radius 1 is 1.59 bits per heavy atom. The number of rotatable bonds is 2. The van der Waals surface area contributed by atoms with Gasteiger partial charge in [0.2, 0.25) is 0 Å². The average Bonchev–Trinajstić information content (AvgIpc) is 2.69. The van der Waals surface area contributed by atoms with Crippen molar-refractivity contribution in [3.63, 3.8) is 0 Å². The minimum Gasteiger partial charge on any atom is -0.396 e. The zero-order valence-corrected chi connectivity index (χ0v) is 10.3. The first-order valence-corrected chi connectivity index (χ1v) is 5.89. The van der Waals surface area contributed by atoms with Crippen LogP contribution in [0, 0.1) is 0 Å². The normalized spacial score (nSPS) is 15.9. The molecule has 0 saturated heterocycles. The van der Waals surface area contributed by atoms with Crippen LogP contribution in [-0.4, -0.2) is 33.7 Å². The van der Waals surface area contributed by atoms with Crippen LogP contribution in [0.25, 0.3) is 0 Å². The second-order valence-electron chi connectivity index (χ2n) is 4.33. The molecule has 0 radical (unpaired) electrons. The van der Waals surface area contributed by atoms with Gasteiger partial charge in [-0.2, -0.15) is 5.10 Å². The van der Waals surface area contributed by atoms with Crippen LogP contribution in [0.3, 0.4) is 0 Å². The molecule has 92 valence electrons. The molecule has 0 atom stereocenters. The highest BCUT2D eigenvalue weighted by atomic mass is 16.2. The first-order chi connectivity index (χ1) is 8.13. The number of aromatic nitrogens is 2. The molecule has 5 heteroatoms. The van der Waals surface area contributed by atoms with E-state index in [1.807, 2.05) is 18.7 Å². The molecule has 2 N–H and O–H groups in total. The molecule has 0 bridgehead atoms. The summed E-state index contributed by atoms with van der Waals surface area (Å²) in [6.07, 6.45) is 4.63. The standard InChI is InChI=1S/C12H18N4O/c1-3-16-11(10(13)7-14-16)12(17)15-6-4-5-9(2)8-15/h5,7H,3-4,6,8,13H2,1-2H3. The molecule has 0 saturated carbocycles. The number of amides is 1. The van der Waals surface area contributed by atoms with Crippen LogP contribution in [0.1, 0.15) is 30.8 Å². The van der Waals surface area contributed by atoms with Crippen LogP contribution in [0.4, 0.5) is 5.69 Å². The molecule has 5 nitrogen and oxygen atoms in total. The maximum Gasteiger partial charge on any atom is 0.274 e. The largest absolute Gasteiger partial charge is 0.396 e. The number of carbonyl (C=O) groups excluding carboxylic acids is 1. The molecule has 2 heterocycles. The number of nitrogen functional groups attached to an aromatic ring is 1. The van der Waals surface area contributed by atoms with Crippen LogP contribution in [0.5, 0.6) is 0 Å². The fourth-order valence-corrected chi connectivity index (χ4v) is 2.11. The third kappa shape index (κ3) is 2.18. The predicted molar refractivity (Wildman–Crippen MR) is 66.6 cm³/mol. The van der Waals surface area contributed by atoms with E-state index >= 15 is 0 Å². The number of hydrogen-bond acceptors (Lipinski definition) is 3. The van der Waals surface area contributed by atoms with Gasteiger partial charge in [-0.3, -0.25) is 9.48 Å². The molecule has 0 aromatic carbocycles. The van der Waals surface area contributed by atoms with Crippen molar-refractivity contribution in [2.45, 2.75) is 26.8 Å². The molecule has 1 aliphatic heterocycles. The van der Waals surface area contributed by atoms with Crippen molar-refractivity contribution in [1.29, 1.82) is 0 Å². The van der Waals surface area contributed by atoms with Crippen LogP contribution >= 0.6 is 0 Å². The summed E-state index contributed by atoms with van der Waals surface area (Å²) in [5.41, 5.74) is 8.02. The molecule has 0 aliphatic carbocycles. The van der Waals surface area contributed by atoms with E-state index in [9.17, 15) is 4.79 Å². The van der Waals surface area contributed by atoms with Gasteiger partial charge in [0.15, 0.2) is 0 Å². The van der Waals surface area contributed by atoms with E-state index in [1.54, 1.807) is 10.9 Å². The lowest BCUT2D eigenvalue weighted by Gasteiger charge is -2.26. The Bertz CT molecular complexity index is 461. The Balaban J connectivity index is 2.25. The summed E-state index contributed by atoms with van der Waals surface area (Å²) in [5, 5.41) is 4.10. The molecular formula is C12H18N4O. The predicted octanol–water partition coefficient (Wildman–Crippen LogP) is 1.28. The van der Waals surface area contributed by atoms with E-state index in [0.29, 0.717) is 24.5 Å². The van der Waals surface area contributed by atoms with E-state index in [4.69, 9.17) is 5.73 Å². The van der Waals surface area contributed by atoms with Gasteiger partial charge >= 0.3 is 0 Å². The van der Waals surface area contributed by atoms with Crippen LogP contribution in [0.15, 0.2) is 17.8 Å². The van der Waals surface area contributed by atoms with Crippen molar-refractivity contribution in [3.05, 3.63) is 23.5 Å². The van der Waals surface area contributed by atoms with Crippen molar-refractivity contribution in [3.8, 4) is 0 Å². The Labute approximate surface area is 101 Å². The van der Waals surface area contributed by atoms with E-state index in [-0.39, 0.29) is 5.91 Å². The summed E-state index contributed by atoms with van der Waals surface area (Å²) < 4.78 is 1.66. The average molecular weight is 234 g/mol. The molecule has 17 heavy (non-hydrogen) atoms. The number of nitrogens with zero attached hydrogens (tertiary/aromatic N) is 3. The Morgan fingerprint density at radius 3 is 3.00 bits per heavy atom. The molecule has 0 fully saturated rings. The van der Waals surface area contributed by atoms with Gasteiger partial charge in [0, 0.05) is 19.6 Å². The third-order valence-electron chi connectivity index (χ3n) is 2.99. The van der Waals surface area contributed by atoms with Crippen molar-refractivity contribution in [2.24, 2.45) is 0 Å². The van der Waals surface area contributed by atoms with Gasteiger partial charge in [-0.25, -0.2) is 0 Å². The minimum absolute atomic E-state index is 0.0192. The fourth-order valence-electron chi connectivity index (χ4n) is 2.11. The molecule has 2 rings (SSSR count). The summed E-state index contributed by atoms with van der Waals surface area (Å²) in [7, 11) is 0. The van der Waals surface area contributed by atoms with Gasteiger partial charge in [-0.15, -0.1) is 0 Å². The summed E-state index contributed by atoms with van der Waals surface area (Å²) >= 11 is 0. The second-order valence-corrected chi connectivity index (χ2v) is 4.33. The lowest BCUT2D eigenvalue weighted by Crippen LogP contribution is -2.37. The lowest BCUT2D eigenvalue weighted by molar-refractivity contribution is 0.0754. The molecular weight excluding hydrogens is 216 g/mol. The second kappa shape index (κ2) is 4.61. The zero-order chi connectivity index (χ0) is 12.4. The lowest BCUT2D eigenvalue weighted by atomic mass is 10.1. The van der Waals surface area contributed by atoms with Gasteiger partial charge in [0.05, 0.1) is 11.9 Å². The van der Waals surface area contributed by atoms with Gasteiger partial charge in [0.1, 0.15) is 5.69 Å². The monoisotopic (exact) mass is 234 g/mol. The number of hydrogen-bond donors (Lipinski definition) is 1. The molecule has 1 amide bonds. The number of aryl methyl sites for hydroxylation is 1. The highest BCUT2D eigenvalue weighted by Crippen LogP contribution is 2.17. The highest BCUT2D eigenvalue weighted by molar-refractivity contribution is 5.97. The molecule has 0 unspecified atom stereocenters. The van der Waals surface area contributed by atoms with E-state index < -0.39 is 0 Å². The molecule has 0 spiro atoms. The summed E-state index contributed by atoms with van der Waals surface area (Å²) in [6, 6.07) is 0. The minimum atomic E-state index is -0.0192. The maximum absolute atomic E-state index is 12.4. The molecule has 1 aliphatic rings. The van der Waals surface area contributed by atoms with Crippen LogP contribution in [0.2, 0.25) is 0 Å². The van der Waals surface area contributed by atoms with Crippen LogP contribution in [-0.2, 0) is 6.54 Å². The zero-order valence-electron chi connectivity index (χ0n) is 10.3. The summed E-state index contributed by atoms with van der Waals surface area (Å²) in [6.45, 7) is 6.09. The van der Waals surface area contributed by atoms with E-state index in [1.165, 1.54) is 5.57 Å². The van der Waals surface area contributed by atoms with Gasteiger partial charge in [-0.05, 0) is 20.3 Å². The Hall–Kier alpha value is -1.78. The smallest absolute Gasteiger partial charge is 0.274 e. The van der Waals surface area contributed by atoms with Crippen LogP contribution < -0.4 is 5.73 Å². The summed E-state index contributed by atoms with van der Waals surface area (Å²) in [4.78, 5) is 14.2. The Kier molecular flexibility index (Phi) is 3.17. The van der Waals surface area contributed by atoms with E-state index in [0.717, 1.165) is 13.0 Å². The topological polar surface area (TPSA) is 64.2 Å². The maximum atomic E-state index is 12.4. The third-order valence-corrected chi connectivity index (χ3v) is 2.99. The van der Waals surface area contributed by atoms with Crippen molar-refractivity contribution in [1.82, 2.24) is 14.7 Å². The first kappa shape index (κ1) is 11.7. The Morgan fingerprint density at radius 2 is 2.35 bits per heavy atom. The van der Waals surface area contributed by atoms with Crippen molar-refractivity contribution >= 4 is 11.6 Å². The van der Waals surface area contributed by atoms with E-state index in [2.05, 4.69) is 11.2 Å². The highest BCUT2D eigenvalue weighted by Gasteiger charge is 2.23. The van der Waals surface area contributed by atoms with Crippen molar-refractivity contribution < 1.29 is 4.79 Å². The first-order valence-electron chi connectivity index (χ1n) is 5.89. The van der Waals surface area contributed by atoms with Crippen molar-refractivity contribution in [2.75, 3.05) is 18.8 Å². The number of carbonyl (C=O) groups is 1.